The van der Waals surface area contributed by atoms with Gasteiger partial charge < -0.3 is 10.4 Å². The topological polar surface area (TPSA) is 104 Å². The highest BCUT2D eigenvalue weighted by atomic mass is 32.2. The summed E-state index contributed by atoms with van der Waals surface area (Å²) >= 11 is 0. The van der Waals surface area contributed by atoms with E-state index in [0.717, 1.165) is 24.8 Å². The highest BCUT2D eigenvalue weighted by molar-refractivity contribution is 7.89. The van der Waals surface area contributed by atoms with E-state index < -0.39 is 22.0 Å². The maximum atomic E-state index is 13.3. The third kappa shape index (κ3) is 3.35. The number of aliphatic carboxylic acids is 1. The summed E-state index contributed by atoms with van der Waals surface area (Å²) in [6.45, 7) is 3.13. The molecule has 7 nitrogen and oxygen atoms in total. The first-order valence-corrected chi connectivity index (χ1v) is 10.3. The Hall–Kier alpha value is -1.93. The number of sulfonamides is 1. The summed E-state index contributed by atoms with van der Waals surface area (Å²) in [7, 11) is -3.98. The molecular formula is C18H24N2O5S. The second kappa shape index (κ2) is 7.00. The summed E-state index contributed by atoms with van der Waals surface area (Å²) in [5, 5.41) is 12.2. The number of nitrogens with one attached hydrogen (secondary N) is 1. The van der Waals surface area contributed by atoms with Gasteiger partial charge in [-0.3, -0.25) is 9.59 Å². The van der Waals surface area contributed by atoms with Gasteiger partial charge in [0.2, 0.25) is 15.9 Å². The van der Waals surface area contributed by atoms with Crippen molar-refractivity contribution in [2.24, 2.45) is 5.92 Å². The molecule has 2 aliphatic rings. The Morgan fingerprint density at radius 2 is 1.92 bits per heavy atom. The molecule has 0 aromatic heterocycles. The number of hydrogen-bond donors (Lipinski definition) is 2. The van der Waals surface area contributed by atoms with Crippen LogP contribution >= 0.6 is 0 Å². The van der Waals surface area contributed by atoms with E-state index in [2.05, 4.69) is 5.32 Å². The molecule has 3 rings (SSSR count). The van der Waals surface area contributed by atoms with Crippen LogP contribution in [-0.2, 0) is 19.6 Å². The van der Waals surface area contributed by atoms with E-state index in [1.54, 1.807) is 13.0 Å². The fraction of sp³-hybridized carbons (Fsp3) is 0.556. The second-order valence-corrected chi connectivity index (χ2v) is 9.04. The number of amides is 1. The lowest BCUT2D eigenvalue weighted by atomic mass is 9.85. The first-order chi connectivity index (χ1) is 12.2. The molecule has 0 radical (unpaired) electrons. The number of hydrogen-bond acceptors (Lipinski definition) is 4. The zero-order valence-corrected chi connectivity index (χ0v) is 15.8. The number of carbonyl (C=O) groups is 2. The lowest BCUT2D eigenvalue weighted by Crippen LogP contribution is -2.46. The van der Waals surface area contributed by atoms with Crippen LogP contribution in [0.1, 0.15) is 44.6 Å². The van der Waals surface area contributed by atoms with E-state index in [-0.39, 0.29) is 22.8 Å². The van der Waals surface area contributed by atoms with E-state index in [1.165, 1.54) is 23.4 Å². The van der Waals surface area contributed by atoms with Gasteiger partial charge in [-0.1, -0.05) is 18.9 Å². The molecule has 8 heteroatoms. The lowest BCUT2D eigenvalue weighted by Gasteiger charge is -2.32. The SMILES string of the molecule is CC(=O)Nc1cc(S(=O)(=O)N2C(C(=O)O)CC3CCCCC32)ccc1C. The number of carbonyl (C=O) groups excluding carboxylic acids is 1. The van der Waals surface area contributed by atoms with Crippen LogP contribution < -0.4 is 5.32 Å². The number of rotatable bonds is 4. The van der Waals surface area contributed by atoms with Gasteiger partial charge in [0, 0.05) is 18.7 Å². The van der Waals surface area contributed by atoms with Crippen molar-refractivity contribution < 1.29 is 23.1 Å². The molecule has 1 amide bonds. The molecule has 1 aromatic rings. The standard InChI is InChI=1S/C18H24N2O5S/c1-11-7-8-14(10-15(11)19-12(2)21)26(24,25)20-16-6-4-3-5-13(16)9-17(20)18(22)23/h7-8,10,13,16-17H,3-6,9H2,1-2H3,(H,19,21)(H,22,23). The van der Waals surface area contributed by atoms with Gasteiger partial charge in [0.15, 0.2) is 0 Å². The molecule has 142 valence electrons. The van der Waals surface area contributed by atoms with Crippen molar-refractivity contribution >= 4 is 27.6 Å². The molecule has 2 N–H and O–H groups in total. The molecule has 1 heterocycles. The van der Waals surface area contributed by atoms with Gasteiger partial charge in [0.05, 0.1) is 4.90 Å². The number of carboxylic acids is 1. The number of carboxylic acid groups (broad SMARTS) is 1. The van der Waals surface area contributed by atoms with Crippen LogP contribution in [0.3, 0.4) is 0 Å². The fourth-order valence-corrected chi connectivity index (χ4v) is 6.08. The van der Waals surface area contributed by atoms with E-state index in [9.17, 15) is 23.1 Å². The Morgan fingerprint density at radius 3 is 2.58 bits per heavy atom. The van der Waals surface area contributed by atoms with Crippen LogP contribution in [0, 0.1) is 12.8 Å². The van der Waals surface area contributed by atoms with Crippen LogP contribution in [0.25, 0.3) is 0 Å². The smallest absolute Gasteiger partial charge is 0.322 e. The van der Waals surface area contributed by atoms with Crippen LogP contribution in [-0.4, -0.2) is 41.8 Å². The average Bonchev–Trinajstić information content (AvgIpc) is 2.97. The van der Waals surface area contributed by atoms with E-state index >= 15 is 0 Å². The maximum Gasteiger partial charge on any atom is 0.322 e. The predicted octanol–water partition coefficient (Wildman–Crippen LogP) is 2.36. The maximum absolute atomic E-state index is 13.3. The van der Waals surface area contributed by atoms with E-state index in [1.807, 2.05) is 0 Å². The Kier molecular flexibility index (Phi) is 5.07. The van der Waals surface area contributed by atoms with Crippen LogP contribution in [0.5, 0.6) is 0 Å². The molecule has 3 unspecified atom stereocenters. The number of nitrogens with zero attached hydrogens (tertiary/aromatic N) is 1. The summed E-state index contributed by atoms with van der Waals surface area (Å²) in [6.07, 6.45) is 3.84. The van der Waals surface area contributed by atoms with Crippen molar-refractivity contribution in [3.05, 3.63) is 23.8 Å². The Balaban J connectivity index is 2.02. The summed E-state index contributed by atoms with van der Waals surface area (Å²) in [5.74, 6) is -1.29. The molecule has 3 atom stereocenters. The molecule has 1 aliphatic heterocycles. The third-order valence-corrected chi connectivity index (χ3v) is 7.34. The first kappa shape index (κ1) is 18.8. The van der Waals surface area contributed by atoms with Gasteiger partial charge in [-0.25, -0.2) is 8.42 Å². The normalized spacial score (nSPS) is 26.3. The molecule has 0 bridgehead atoms. The third-order valence-electron chi connectivity index (χ3n) is 5.41. The minimum atomic E-state index is -3.98. The minimum absolute atomic E-state index is 0.0179. The highest BCUT2D eigenvalue weighted by Gasteiger charge is 2.51. The fourth-order valence-electron chi connectivity index (χ4n) is 4.18. The largest absolute Gasteiger partial charge is 0.480 e. The summed E-state index contributed by atoms with van der Waals surface area (Å²) < 4.78 is 27.8. The molecule has 0 spiro atoms. The predicted molar refractivity (Wildman–Crippen MR) is 96.3 cm³/mol. The van der Waals surface area contributed by atoms with Crippen LogP contribution in [0.15, 0.2) is 23.1 Å². The quantitative estimate of drug-likeness (QED) is 0.834. The van der Waals surface area contributed by atoms with Gasteiger partial charge in [-0.15, -0.1) is 0 Å². The lowest BCUT2D eigenvalue weighted by molar-refractivity contribution is -0.141. The van der Waals surface area contributed by atoms with Crippen LogP contribution in [0.2, 0.25) is 0 Å². The summed E-state index contributed by atoms with van der Waals surface area (Å²) in [5.41, 5.74) is 1.16. The summed E-state index contributed by atoms with van der Waals surface area (Å²) in [6, 6.07) is 3.23. The van der Waals surface area contributed by atoms with Gasteiger partial charge >= 0.3 is 5.97 Å². The Bertz CT molecular complexity index is 836. The first-order valence-electron chi connectivity index (χ1n) is 8.86. The molecule has 2 fully saturated rings. The Morgan fingerprint density at radius 1 is 1.23 bits per heavy atom. The zero-order valence-electron chi connectivity index (χ0n) is 14.9. The van der Waals surface area contributed by atoms with Crippen molar-refractivity contribution in [3.63, 3.8) is 0 Å². The van der Waals surface area contributed by atoms with Gasteiger partial charge in [-0.2, -0.15) is 4.31 Å². The van der Waals surface area contributed by atoms with Crippen molar-refractivity contribution in [3.8, 4) is 0 Å². The zero-order chi connectivity index (χ0) is 19.1. The Labute approximate surface area is 153 Å². The number of aryl methyl sites for hydroxylation is 1. The van der Waals surface area contributed by atoms with Crippen molar-refractivity contribution in [1.82, 2.24) is 4.31 Å². The monoisotopic (exact) mass is 380 g/mol. The summed E-state index contributed by atoms with van der Waals surface area (Å²) in [4.78, 5) is 23.1. The van der Waals surface area contributed by atoms with Crippen molar-refractivity contribution in [2.75, 3.05) is 5.32 Å². The minimum Gasteiger partial charge on any atom is -0.480 e. The van der Waals surface area contributed by atoms with Crippen molar-refractivity contribution in [2.45, 2.75) is 62.9 Å². The van der Waals surface area contributed by atoms with Gasteiger partial charge in [0.1, 0.15) is 6.04 Å². The molecule has 26 heavy (non-hydrogen) atoms. The van der Waals surface area contributed by atoms with E-state index in [0.29, 0.717) is 18.5 Å². The second-order valence-electron chi connectivity index (χ2n) is 7.19. The number of anilines is 1. The molecule has 1 aromatic carbocycles. The molecular weight excluding hydrogens is 356 g/mol. The van der Waals surface area contributed by atoms with Gasteiger partial charge in [0.25, 0.3) is 0 Å². The van der Waals surface area contributed by atoms with Crippen molar-refractivity contribution in [1.29, 1.82) is 0 Å². The highest BCUT2D eigenvalue weighted by Crippen LogP contribution is 2.43. The number of benzene rings is 1. The average molecular weight is 380 g/mol. The molecule has 1 saturated heterocycles. The van der Waals surface area contributed by atoms with Crippen LogP contribution in [0.4, 0.5) is 5.69 Å². The van der Waals surface area contributed by atoms with Gasteiger partial charge in [-0.05, 0) is 49.8 Å². The van der Waals surface area contributed by atoms with E-state index in [4.69, 9.17) is 0 Å². The molecule has 1 saturated carbocycles. The molecule has 1 aliphatic carbocycles. The number of fused-ring (bicyclic) bond motifs is 1.